The fourth-order valence-corrected chi connectivity index (χ4v) is 2.92. The van der Waals surface area contributed by atoms with Gasteiger partial charge in [-0.1, -0.05) is 72.8 Å². The van der Waals surface area contributed by atoms with Crippen LogP contribution in [0.2, 0.25) is 0 Å². The van der Waals surface area contributed by atoms with E-state index in [4.69, 9.17) is 4.74 Å². The lowest BCUT2D eigenvalue weighted by Gasteiger charge is -2.18. The number of rotatable bonds is 7. The maximum absolute atomic E-state index is 12.7. The maximum atomic E-state index is 12.7. The Hall–Kier alpha value is -3.60. The number of carbonyl (C=O) groups is 2. The molecule has 0 aliphatic rings. The highest BCUT2D eigenvalue weighted by molar-refractivity contribution is 5.92. The largest absolute Gasteiger partial charge is 0.459 e. The summed E-state index contributed by atoms with van der Waals surface area (Å²) < 4.78 is 5.45. The first kappa shape index (κ1) is 20.1. The number of anilines is 1. The third kappa shape index (κ3) is 6.50. The van der Waals surface area contributed by atoms with Gasteiger partial charge in [-0.3, -0.25) is 0 Å². The van der Waals surface area contributed by atoms with Crippen molar-refractivity contribution in [2.75, 3.05) is 5.32 Å². The molecule has 0 radical (unpaired) electrons. The Morgan fingerprint density at radius 1 is 0.862 bits per heavy atom. The van der Waals surface area contributed by atoms with Crippen molar-refractivity contribution in [3.8, 4) is 0 Å². The molecule has 0 bridgehead atoms. The highest BCUT2D eigenvalue weighted by Crippen LogP contribution is 2.11. The average Bonchev–Trinajstić information content (AvgIpc) is 2.73. The number of benzene rings is 3. The number of hydrogen-bond donors (Lipinski definition) is 2. The Morgan fingerprint density at radius 2 is 1.52 bits per heavy atom. The van der Waals surface area contributed by atoms with Crippen molar-refractivity contribution in [2.45, 2.75) is 26.0 Å². The Labute approximate surface area is 170 Å². The summed E-state index contributed by atoms with van der Waals surface area (Å²) >= 11 is 0. The summed E-state index contributed by atoms with van der Waals surface area (Å²) in [7, 11) is 0. The quantitative estimate of drug-likeness (QED) is 0.587. The molecule has 2 amide bonds. The highest BCUT2D eigenvalue weighted by atomic mass is 16.5. The van der Waals surface area contributed by atoms with Gasteiger partial charge in [0.2, 0.25) is 0 Å². The van der Waals surface area contributed by atoms with Crippen LogP contribution in [0.15, 0.2) is 84.9 Å². The summed E-state index contributed by atoms with van der Waals surface area (Å²) in [5, 5.41) is 5.51. The molecular formula is C24H24N2O3. The molecule has 0 spiro atoms. The molecule has 5 heteroatoms. The minimum Gasteiger partial charge on any atom is -0.459 e. The van der Waals surface area contributed by atoms with Crippen LogP contribution >= 0.6 is 0 Å². The number of aryl methyl sites for hydroxylation is 1. The van der Waals surface area contributed by atoms with E-state index in [0.29, 0.717) is 12.1 Å². The molecule has 0 aliphatic carbocycles. The van der Waals surface area contributed by atoms with Crippen LogP contribution in [0.25, 0.3) is 0 Å². The second kappa shape index (κ2) is 10.1. The van der Waals surface area contributed by atoms with Crippen LogP contribution in [0.1, 0.15) is 16.7 Å². The Morgan fingerprint density at radius 3 is 2.17 bits per heavy atom. The first-order valence-electron chi connectivity index (χ1n) is 9.49. The zero-order valence-electron chi connectivity index (χ0n) is 16.3. The molecular weight excluding hydrogens is 364 g/mol. The van der Waals surface area contributed by atoms with Crippen molar-refractivity contribution in [1.29, 1.82) is 0 Å². The summed E-state index contributed by atoms with van der Waals surface area (Å²) in [5.41, 5.74) is 3.53. The molecule has 3 rings (SSSR count). The summed E-state index contributed by atoms with van der Waals surface area (Å²) in [6, 6.07) is 25.2. The summed E-state index contributed by atoms with van der Waals surface area (Å²) in [5.74, 6) is -0.475. The van der Waals surface area contributed by atoms with Gasteiger partial charge in [-0.15, -0.1) is 0 Å². The van der Waals surface area contributed by atoms with Crippen molar-refractivity contribution >= 4 is 17.7 Å². The van der Waals surface area contributed by atoms with E-state index < -0.39 is 18.0 Å². The van der Waals surface area contributed by atoms with Gasteiger partial charge in [0, 0.05) is 12.1 Å². The normalized spacial score (nSPS) is 11.3. The minimum atomic E-state index is -0.800. The summed E-state index contributed by atoms with van der Waals surface area (Å²) in [6.07, 6.45) is 0.343. The lowest BCUT2D eigenvalue weighted by atomic mass is 10.1. The number of carbonyl (C=O) groups excluding carboxylic acids is 2. The third-order valence-corrected chi connectivity index (χ3v) is 4.37. The fourth-order valence-electron chi connectivity index (χ4n) is 2.92. The highest BCUT2D eigenvalue weighted by Gasteiger charge is 2.23. The van der Waals surface area contributed by atoms with Crippen LogP contribution in [0.3, 0.4) is 0 Å². The summed E-state index contributed by atoms with van der Waals surface area (Å²) in [4.78, 5) is 25.2. The van der Waals surface area contributed by atoms with E-state index in [1.165, 1.54) is 0 Å². The molecule has 2 N–H and O–H groups in total. The molecule has 5 nitrogen and oxygen atoms in total. The molecule has 1 atom stereocenters. The van der Waals surface area contributed by atoms with Crippen LogP contribution in [-0.4, -0.2) is 18.0 Å². The molecule has 148 valence electrons. The van der Waals surface area contributed by atoms with Crippen LogP contribution in [-0.2, 0) is 22.6 Å². The predicted octanol–water partition coefficient (Wildman–Crippen LogP) is 4.47. The molecule has 0 saturated carbocycles. The van der Waals surface area contributed by atoms with E-state index in [0.717, 1.165) is 16.7 Å². The van der Waals surface area contributed by atoms with Gasteiger partial charge in [0.25, 0.3) is 0 Å². The van der Waals surface area contributed by atoms with Gasteiger partial charge in [-0.2, -0.15) is 0 Å². The average molecular weight is 388 g/mol. The lowest BCUT2D eigenvalue weighted by molar-refractivity contribution is -0.147. The fraction of sp³-hybridized carbons (Fsp3) is 0.167. The second-order valence-corrected chi connectivity index (χ2v) is 6.80. The zero-order chi connectivity index (χ0) is 20.5. The number of esters is 1. The molecule has 29 heavy (non-hydrogen) atoms. The van der Waals surface area contributed by atoms with Crippen LogP contribution in [0.5, 0.6) is 0 Å². The molecule has 0 heterocycles. The van der Waals surface area contributed by atoms with E-state index >= 15 is 0 Å². The summed E-state index contributed by atoms with van der Waals surface area (Å²) in [6.45, 7) is 2.11. The number of amides is 2. The molecule has 0 saturated heterocycles. The third-order valence-electron chi connectivity index (χ3n) is 4.37. The number of ether oxygens (including phenoxy) is 1. The number of nitrogens with one attached hydrogen (secondary N) is 2. The van der Waals surface area contributed by atoms with Gasteiger partial charge in [-0.25, -0.2) is 9.59 Å². The van der Waals surface area contributed by atoms with Crippen LogP contribution in [0.4, 0.5) is 10.5 Å². The van der Waals surface area contributed by atoms with Gasteiger partial charge in [0.05, 0.1) is 0 Å². The maximum Gasteiger partial charge on any atom is 0.329 e. The second-order valence-electron chi connectivity index (χ2n) is 6.80. The Bertz CT molecular complexity index is 943. The van der Waals surface area contributed by atoms with E-state index in [-0.39, 0.29) is 6.61 Å². The van der Waals surface area contributed by atoms with Crippen LogP contribution < -0.4 is 10.6 Å². The van der Waals surface area contributed by atoms with Crippen molar-refractivity contribution in [1.82, 2.24) is 5.32 Å². The van der Waals surface area contributed by atoms with E-state index in [9.17, 15) is 9.59 Å². The SMILES string of the molecule is Cc1cccc(NC(=O)NC(Cc2ccccc2)C(=O)OCc2ccccc2)c1. The lowest BCUT2D eigenvalue weighted by Crippen LogP contribution is -2.45. The molecule has 0 aromatic heterocycles. The number of hydrogen-bond acceptors (Lipinski definition) is 3. The van der Waals surface area contributed by atoms with Crippen LogP contribution in [0, 0.1) is 6.92 Å². The Balaban J connectivity index is 1.66. The van der Waals surface area contributed by atoms with E-state index in [2.05, 4.69) is 10.6 Å². The topological polar surface area (TPSA) is 67.4 Å². The van der Waals surface area contributed by atoms with Gasteiger partial charge >= 0.3 is 12.0 Å². The van der Waals surface area contributed by atoms with E-state index in [1.807, 2.05) is 85.8 Å². The van der Waals surface area contributed by atoms with Crippen molar-refractivity contribution < 1.29 is 14.3 Å². The predicted molar refractivity (Wildman–Crippen MR) is 114 cm³/mol. The number of urea groups is 1. The first-order valence-corrected chi connectivity index (χ1v) is 9.49. The monoisotopic (exact) mass is 388 g/mol. The molecule has 0 fully saturated rings. The standard InChI is InChI=1S/C24H24N2O3/c1-18-9-8-14-21(15-18)25-24(28)26-22(16-19-10-4-2-5-11-19)23(27)29-17-20-12-6-3-7-13-20/h2-15,22H,16-17H2,1H3,(H2,25,26,28). The first-order chi connectivity index (χ1) is 14.1. The van der Waals surface area contributed by atoms with Gasteiger partial charge in [0.1, 0.15) is 12.6 Å². The van der Waals surface area contributed by atoms with Gasteiger partial charge in [-0.05, 0) is 35.7 Å². The van der Waals surface area contributed by atoms with Gasteiger partial charge < -0.3 is 15.4 Å². The molecule has 1 unspecified atom stereocenters. The molecule has 3 aromatic rings. The zero-order valence-corrected chi connectivity index (χ0v) is 16.3. The van der Waals surface area contributed by atoms with E-state index in [1.54, 1.807) is 6.07 Å². The Kier molecular flexibility index (Phi) is 7.00. The molecule has 0 aliphatic heterocycles. The van der Waals surface area contributed by atoms with Crippen molar-refractivity contribution in [3.63, 3.8) is 0 Å². The molecule has 3 aromatic carbocycles. The van der Waals surface area contributed by atoms with Crippen molar-refractivity contribution in [3.05, 3.63) is 102 Å². The van der Waals surface area contributed by atoms with Gasteiger partial charge in [0.15, 0.2) is 0 Å². The minimum absolute atomic E-state index is 0.159. The van der Waals surface area contributed by atoms with Crippen molar-refractivity contribution in [2.24, 2.45) is 0 Å². The smallest absolute Gasteiger partial charge is 0.329 e.